The van der Waals surface area contributed by atoms with Gasteiger partial charge in [0, 0.05) is 22.9 Å². The first kappa shape index (κ1) is 13.7. The number of nitrogens with zero attached hydrogens (tertiary/aromatic N) is 4. The summed E-state index contributed by atoms with van der Waals surface area (Å²) in [5, 5.41) is 4.51. The highest BCUT2D eigenvalue weighted by atomic mass is 35.5. The molecule has 4 nitrogen and oxygen atoms in total. The Balaban J connectivity index is 2.24. The first-order valence-corrected chi connectivity index (χ1v) is 6.76. The highest BCUT2D eigenvalue weighted by Gasteiger charge is 2.15. The first-order chi connectivity index (χ1) is 10.1. The molecule has 0 saturated carbocycles. The lowest BCUT2D eigenvalue weighted by atomic mass is 10.2. The average Bonchev–Trinajstić information content (AvgIpc) is 2.88. The van der Waals surface area contributed by atoms with Crippen molar-refractivity contribution >= 4 is 11.6 Å². The Morgan fingerprint density at radius 2 is 1.86 bits per heavy atom. The second-order valence-corrected chi connectivity index (χ2v) is 5.03. The van der Waals surface area contributed by atoms with Crippen molar-refractivity contribution in [3.8, 4) is 17.2 Å². The van der Waals surface area contributed by atoms with E-state index < -0.39 is 5.95 Å². The van der Waals surface area contributed by atoms with Crippen molar-refractivity contribution < 1.29 is 4.39 Å². The molecular formula is C15H12ClFN4. The van der Waals surface area contributed by atoms with Crippen LogP contribution in [-0.2, 0) is 0 Å². The van der Waals surface area contributed by atoms with E-state index in [1.807, 2.05) is 32.0 Å². The lowest BCUT2D eigenvalue weighted by Gasteiger charge is -2.11. The molecule has 6 heteroatoms. The van der Waals surface area contributed by atoms with Gasteiger partial charge >= 0.3 is 0 Å². The predicted molar refractivity (Wildman–Crippen MR) is 79.0 cm³/mol. The number of benzene rings is 1. The summed E-state index contributed by atoms with van der Waals surface area (Å²) in [6, 6.07) is 8.57. The summed E-state index contributed by atoms with van der Waals surface area (Å²) in [5.74, 6) is 0.398. The SMILES string of the molecule is Cc1nc(-c2ccccc2Cl)nc(-n2nccc2F)c1C. The third-order valence-electron chi connectivity index (χ3n) is 3.28. The summed E-state index contributed by atoms with van der Waals surface area (Å²) in [6.07, 6.45) is 1.39. The van der Waals surface area contributed by atoms with Crippen molar-refractivity contribution in [2.45, 2.75) is 13.8 Å². The van der Waals surface area contributed by atoms with Crippen LogP contribution in [0.1, 0.15) is 11.3 Å². The Morgan fingerprint density at radius 1 is 1.10 bits per heavy atom. The molecule has 0 fully saturated rings. The number of halogens is 2. The molecular weight excluding hydrogens is 291 g/mol. The van der Waals surface area contributed by atoms with Crippen LogP contribution in [-0.4, -0.2) is 19.7 Å². The molecule has 0 amide bonds. The van der Waals surface area contributed by atoms with E-state index in [1.165, 1.54) is 12.3 Å². The van der Waals surface area contributed by atoms with E-state index in [0.717, 1.165) is 15.9 Å². The smallest absolute Gasteiger partial charge is 0.217 e. The lowest BCUT2D eigenvalue weighted by Crippen LogP contribution is -2.09. The van der Waals surface area contributed by atoms with Crippen molar-refractivity contribution in [3.63, 3.8) is 0 Å². The number of aryl methyl sites for hydroxylation is 1. The first-order valence-electron chi connectivity index (χ1n) is 6.38. The highest BCUT2D eigenvalue weighted by molar-refractivity contribution is 6.33. The molecule has 0 saturated heterocycles. The zero-order valence-electron chi connectivity index (χ0n) is 11.5. The van der Waals surface area contributed by atoms with Crippen LogP contribution in [0.25, 0.3) is 17.2 Å². The molecule has 0 aliphatic carbocycles. The molecule has 0 N–H and O–H groups in total. The fourth-order valence-corrected chi connectivity index (χ4v) is 2.25. The summed E-state index contributed by atoms with van der Waals surface area (Å²) in [7, 11) is 0. The van der Waals surface area contributed by atoms with Crippen LogP contribution >= 0.6 is 11.6 Å². The van der Waals surface area contributed by atoms with Crippen LogP contribution < -0.4 is 0 Å². The molecule has 0 aliphatic heterocycles. The molecule has 1 aromatic carbocycles. The maximum absolute atomic E-state index is 13.8. The normalized spacial score (nSPS) is 10.9. The Kier molecular flexibility index (Phi) is 3.43. The van der Waals surface area contributed by atoms with Gasteiger partial charge in [-0.3, -0.25) is 0 Å². The zero-order valence-corrected chi connectivity index (χ0v) is 12.3. The summed E-state index contributed by atoms with van der Waals surface area (Å²) < 4.78 is 14.9. The van der Waals surface area contributed by atoms with Gasteiger partial charge in [-0.25, -0.2) is 9.97 Å². The Morgan fingerprint density at radius 3 is 2.52 bits per heavy atom. The zero-order chi connectivity index (χ0) is 15.0. The number of hydrogen-bond donors (Lipinski definition) is 0. The average molecular weight is 303 g/mol. The maximum atomic E-state index is 13.8. The summed E-state index contributed by atoms with van der Waals surface area (Å²) >= 11 is 6.18. The van der Waals surface area contributed by atoms with Crippen molar-refractivity contribution in [1.82, 2.24) is 19.7 Å². The van der Waals surface area contributed by atoms with Gasteiger partial charge in [0.05, 0.1) is 11.2 Å². The molecule has 0 unspecified atom stereocenters. The minimum atomic E-state index is -0.471. The van der Waals surface area contributed by atoms with Gasteiger partial charge in [0.1, 0.15) is 0 Å². The fourth-order valence-electron chi connectivity index (χ4n) is 2.03. The molecule has 106 valence electrons. The van der Waals surface area contributed by atoms with E-state index in [9.17, 15) is 4.39 Å². The minimum absolute atomic E-state index is 0.417. The Bertz CT molecular complexity index is 813. The van der Waals surface area contributed by atoms with Gasteiger partial charge in [-0.15, -0.1) is 0 Å². The van der Waals surface area contributed by atoms with Crippen molar-refractivity contribution in [2.24, 2.45) is 0 Å². The highest BCUT2D eigenvalue weighted by Crippen LogP contribution is 2.27. The van der Waals surface area contributed by atoms with E-state index in [4.69, 9.17) is 11.6 Å². The molecule has 2 aromatic heterocycles. The number of rotatable bonds is 2. The summed E-state index contributed by atoms with van der Waals surface area (Å²) in [6.45, 7) is 3.68. The van der Waals surface area contributed by atoms with Crippen LogP contribution in [0.3, 0.4) is 0 Å². The van der Waals surface area contributed by atoms with Gasteiger partial charge in [0.2, 0.25) is 5.95 Å². The van der Waals surface area contributed by atoms with Gasteiger partial charge in [0.15, 0.2) is 11.6 Å². The molecule has 3 aromatic rings. The van der Waals surface area contributed by atoms with Gasteiger partial charge in [-0.2, -0.15) is 14.2 Å². The monoisotopic (exact) mass is 302 g/mol. The minimum Gasteiger partial charge on any atom is -0.233 e. The summed E-state index contributed by atoms with van der Waals surface area (Å²) in [4.78, 5) is 8.88. The number of aromatic nitrogens is 4. The third-order valence-corrected chi connectivity index (χ3v) is 3.61. The van der Waals surface area contributed by atoms with Crippen LogP contribution in [0.5, 0.6) is 0 Å². The van der Waals surface area contributed by atoms with E-state index >= 15 is 0 Å². The second-order valence-electron chi connectivity index (χ2n) is 4.63. The van der Waals surface area contributed by atoms with Crippen LogP contribution in [0, 0.1) is 19.8 Å². The molecule has 0 bridgehead atoms. The second kappa shape index (κ2) is 5.26. The van der Waals surface area contributed by atoms with Gasteiger partial charge in [-0.05, 0) is 26.0 Å². The molecule has 3 rings (SSSR count). The van der Waals surface area contributed by atoms with Crippen LogP contribution in [0.2, 0.25) is 5.02 Å². The number of hydrogen-bond acceptors (Lipinski definition) is 3. The topological polar surface area (TPSA) is 43.6 Å². The molecule has 0 atom stereocenters. The largest absolute Gasteiger partial charge is 0.233 e. The van der Waals surface area contributed by atoms with Crippen LogP contribution in [0.15, 0.2) is 36.5 Å². The van der Waals surface area contributed by atoms with Crippen molar-refractivity contribution in [1.29, 1.82) is 0 Å². The van der Waals surface area contributed by atoms with Gasteiger partial charge < -0.3 is 0 Å². The quantitative estimate of drug-likeness (QED) is 0.724. The molecule has 0 radical (unpaired) electrons. The Labute approximate surface area is 126 Å². The maximum Gasteiger partial charge on any atom is 0.217 e. The van der Waals surface area contributed by atoms with Gasteiger partial charge in [-0.1, -0.05) is 23.7 Å². The molecule has 2 heterocycles. The third kappa shape index (κ3) is 2.40. The van der Waals surface area contributed by atoms with E-state index in [1.54, 1.807) is 6.07 Å². The van der Waals surface area contributed by atoms with Gasteiger partial charge in [0.25, 0.3) is 0 Å². The lowest BCUT2D eigenvalue weighted by molar-refractivity contribution is 0.530. The fraction of sp³-hybridized carbons (Fsp3) is 0.133. The summed E-state index contributed by atoms with van der Waals surface area (Å²) in [5.41, 5.74) is 2.23. The molecule has 0 aliphatic rings. The molecule has 21 heavy (non-hydrogen) atoms. The van der Waals surface area contributed by atoms with E-state index in [2.05, 4.69) is 15.1 Å². The van der Waals surface area contributed by atoms with E-state index in [-0.39, 0.29) is 0 Å². The van der Waals surface area contributed by atoms with E-state index in [0.29, 0.717) is 22.2 Å². The Hall–Kier alpha value is -2.27. The van der Waals surface area contributed by atoms with Crippen molar-refractivity contribution in [2.75, 3.05) is 0 Å². The molecule has 0 spiro atoms. The predicted octanol–water partition coefficient (Wildman–Crippen LogP) is 3.74. The van der Waals surface area contributed by atoms with Crippen molar-refractivity contribution in [3.05, 3.63) is 58.8 Å². The standard InChI is InChI=1S/C15H12ClFN4/c1-9-10(2)19-14(11-5-3-4-6-12(11)16)20-15(9)21-13(17)7-8-18-21/h3-8H,1-2H3. The van der Waals surface area contributed by atoms with Crippen LogP contribution in [0.4, 0.5) is 4.39 Å².